The molecule has 0 saturated carbocycles. The van der Waals surface area contributed by atoms with E-state index >= 15 is 0 Å². The molecule has 108 valence electrons. The van der Waals surface area contributed by atoms with Crippen LogP contribution < -0.4 is 5.32 Å². The van der Waals surface area contributed by atoms with Crippen molar-refractivity contribution in [2.45, 2.75) is 12.5 Å². The van der Waals surface area contributed by atoms with Gasteiger partial charge in [-0.1, -0.05) is 36.4 Å². The fraction of sp³-hybridized carbons (Fsp3) is 0.125. The summed E-state index contributed by atoms with van der Waals surface area (Å²) in [5.41, 5.74) is 0.812. The summed E-state index contributed by atoms with van der Waals surface area (Å²) >= 11 is 0. The number of carbonyl (C=O) groups excluding carboxylic acids is 1. The molecule has 2 rings (SSSR count). The Bertz CT molecular complexity index is 640. The van der Waals surface area contributed by atoms with E-state index in [1.807, 2.05) is 0 Å². The zero-order valence-electron chi connectivity index (χ0n) is 11.2. The first-order chi connectivity index (χ1) is 10.1. The van der Waals surface area contributed by atoms with Crippen LogP contribution in [0.25, 0.3) is 0 Å². The largest absolute Gasteiger partial charge is 0.508 e. The van der Waals surface area contributed by atoms with E-state index in [2.05, 4.69) is 5.32 Å². The third kappa shape index (κ3) is 3.82. The van der Waals surface area contributed by atoms with E-state index < -0.39 is 12.0 Å². The van der Waals surface area contributed by atoms with Crippen LogP contribution in [-0.2, 0) is 4.79 Å². The lowest BCUT2D eigenvalue weighted by molar-refractivity contribution is -0.137. The van der Waals surface area contributed by atoms with E-state index in [1.54, 1.807) is 48.5 Å². The zero-order chi connectivity index (χ0) is 15.2. The highest BCUT2D eigenvalue weighted by molar-refractivity contribution is 5.94. The van der Waals surface area contributed by atoms with Crippen LogP contribution in [0.4, 0.5) is 0 Å². The summed E-state index contributed by atoms with van der Waals surface area (Å²) in [6.07, 6.45) is -0.309. The van der Waals surface area contributed by atoms with Gasteiger partial charge in [-0.3, -0.25) is 9.59 Å². The second kappa shape index (κ2) is 6.56. The number of nitrogens with one attached hydrogen (secondary N) is 1. The molecule has 1 amide bonds. The van der Waals surface area contributed by atoms with Crippen LogP contribution in [0.1, 0.15) is 28.4 Å². The number of carbonyl (C=O) groups is 2. The minimum Gasteiger partial charge on any atom is -0.508 e. The van der Waals surface area contributed by atoms with Gasteiger partial charge in [0.25, 0.3) is 5.91 Å². The second-order valence-corrected chi connectivity index (χ2v) is 4.55. The van der Waals surface area contributed by atoms with Gasteiger partial charge in [0.15, 0.2) is 0 Å². The van der Waals surface area contributed by atoms with Crippen molar-refractivity contribution in [3.8, 4) is 5.75 Å². The summed E-state index contributed by atoms with van der Waals surface area (Å²) in [6, 6.07) is 14.1. The minimum atomic E-state index is -1.06. The Hall–Kier alpha value is -2.82. The number of aliphatic carboxylic acids is 1. The zero-order valence-corrected chi connectivity index (χ0v) is 11.2. The van der Waals surface area contributed by atoms with Crippen molar-refractivity contribution in [2.75, 3.05) is 0 Å². The van der Waals surface area contributed by atoms with Crippen molar-refractivity contribution in [3.63, 3.8) is 0 Å². The molecule has 3 N–H and O–H groups in total. The molecule has 0 fully saturated rings. The normalized spacial score (nSPS) is 11.6. The third-order valence-electron chi connectivity index (χ3n) is 3.03. The van der Waals surface area contributed by atoms with Gasteiger partial charge in [-0.05, 0) is 18.2 Å². The molecule has 1 atom stereocenters. The highest BCUT2D eigenvalue weighted by Gasteiger charge is 2.21. The number of amides is 1. The summed E-state index contributed by atoms with van der Waals surface area (Å²) in [6.45, 7) is 0. The lowest BCUT2D eigenvalue weighted by Crippen LogP contribution is -2.30. The predicted octanol–water partition coefficient (Wildman–Crippen LogP) is 2.34. The molecule has 0 aromatic heterocycles. The fourth-order valence-corrected chi connectivity index (χ4v) is 2.03. The van der Waals surface area contributed by atoms with Gasteiger partial charge in [-0.2, -0.15) is 0 Å². The molecule has 0 radical (unpaired) electrons. The average Bonchev–Trinajstić information content (AvgIpc) is 2.47. The quantitative estimate of drug-likeness (QED) is 0.787. The van der Waals surface area contributed by atoms with Crippen molar-refractivity contribution < 1.29 is 19.8 Å². The summed E-state index contributed by atoms with van der Waals surface area (Å²) in [5.74, 6) is -1.49. The Morgan fingerprint density at radius 1 is 1.00 bits per heavy atom. The Labute approximate surface area is 121 Å². The molecule has 5 nitrogen and oxygen atoms in total. The molecular formula is C16H15NO4. The molecule has 5 heteroatoms. The van der Waals surface area contributed by atoms with Crippen LogP contribution >= 0.6 is 0 Å². The van der Waals surface area contributed by atoms with Gasteiger partial charge < -0.3 is 15.5 Å². The maximum absolute atomic E-state index is 12.1. The first-order valence-electron chi connectivity index (χ1n) is 6.43. The maximum atomic E-state index is 12.1. The molecule has 1 unspecified atom stereocenters. The standard InChI is InChI=1S/C16H15NO4/c18-14-9-5-4-8-12(14)13(10-15(19)20)17-16(21)11-6-2-1-3-7-11/h1-9,13,18H,10H2,(H,17,21)(H,19,20). The summed E-state index contributed by atoms with van der Waals surface area (Å²) in [7, 11) is 0. The van der Waals surface area contributed by atoms with Gasteiger partial charge >= 0.3 is 5.97 Å². The van der Waals surface area contributed by atoms with Crippen molar-refractivity contribution >= 4 is 11.9 Å². The summed E-state index contributed by atoms with van der Waals surface area (Å²) < 4.78 is 0. The van der Waals surface area contributed by atoms with Gasteiger partial charge in [0.2, 0.25) is 0 Å². The Kier molecular flexibility index (Phi) is 4.56. The first-order valence-corrected chi connectivity index (χ1v) is 6.43. The molecule has 0 saturated heterocycles. The van der Waals surface area contributed by atoms with Gasteiger partial charge in [0.05, 0.1) is 12.5 Å². The first kappa shape index (κ1) is 14.6. The molecule has 0 heterocycles. The highest BCUT2D eigenvalue weighted by atomic mass is 16.4. The van der Waals surface area contributed by atoms with E-state index in [4.69, 9.17) is 5.11 Å². The van der Waals surface area contributed by atoms with Crippen LogP contribution in [-0.4, -0.2) is 22.1 Å². The minimum absolute atomic E-state index is 0.0443. The number of benzene rings is 2. The molecule has 0 bridgehead atoms. The molecular weight excluding hydrogens is 270 g/mol. The van der Waals surface area contributed by atoms with Crippen molar-refractivity contribution in [1.29, 1.82) is 0 Å². The average molecular weight is 285 g/mol. The summed E-state index contributed by atoms with van der Waals surface area (Å²) in [5, 5.41) is 21.5. The SMILES string of the molecule is O=C(O)CC(NC(=O)c1ccccc1)c1ccccc1O. The fourth-order valence-electron chi connectivity index (χ4n) is 2.03. The second-order valence-electron chi connectivity index (χ2n) is 4.55. The van der Waals surface area contributed by atoms with Crippen LogP contribution in [0.15, 0.2) is 54.6 Å². The molecule has 0 spiro atoms. The molecule has 21 heavy (non-hydrogen) atoms. The number of phenols is 1. The highest BCUT2D eigenvalue weighted by Crippen LogP contribution is 2.26. The van der Waals surface area contributed by atoms with Gasteiger partial charge in [0, 0.05) is 11.1 Å². The monoisotopic (exact) mass is 285 g/mol. The van der Waals surface area contributed by atoms with Gasteiger partial charge in [0.1, 0.15) is 5.75 Å². The van der Waals surface area contributed by atoms with Crippen molar-refractivity contribution in [1.82, 2.24) is 5.32 Å². The molecule has 2 aromatic carbocycles. The predicted molar refractivity (Wildman–Crippen MR) is 77.0 cm³/mol. The Balaban J connectivity index is 2.23. The van der Waals surface area contributed by atoms with Crippen molar-refractivity contribution in [2.24, 2.45) is 0 Å². The number of hydrogen-bond donors (Lipinski definition) is 3. The number of aromatic hydroxyl groups is 1. The van der Waals surface area contributed by atoms with E-state index in [0.29, 0.717) is 11.1 Å². The molecule has 0 aliphatic rings. The smallest absolute Gasteiger partial charge is 0.305 e. The van der Waals surface area contributed by atoms with Gasteiger partial charge in [-0.15, -0.1) is 0 Å². The number of hydrogen-bond acceptors (Lipinski definition) is 3. The maximum Gasteiger partial charge on any atom is 0.305 e. The van der Waals surface area contributed by atoms with Gasteiger partial charge in [-0.25, -0.2) is 0 Å². The lowest BCUT2D eigenvalue weighted by atomic mass is 10.0. The van der Waals surface area contributed by atoms with E-state index in [9.17, 15) is 14.7 Å². The van der Waals surface area contributed by atoms with E-state index in [1.165, 1.54) is 6.07 Å². The van der Waals surface area contributed by atoms with Crippen molar-refractivity contribution in [3.05, 3.63) is 65.7 Å². The summed E-state index contributed by atoms with van der Waals surface area (Å²) in [4.78, 5) is 23.1. The third-order valence-corrected chi connectivity index (χ3v) is 3.03. The topological polar surface area (TPSA) is 86.6 Å². The lowest BCUT2D eigenvalue weighted by Gasteiger charge is -2.18. The number of carboxylic acids is 1. The molecule has 0 aliphatic heterocycles. The van der Waals surface area contributed by atoms with Crippen LogP contribution in [0.5, 0.6) is 5.75 Å². The number of phenolic OH excluding ortho intramolecular Hbond substituents is 1. The van der Waals surface area contributed by atoms with E-state index in [-0.39, 0.29) is 18.1 Å². The van der Waals surface area contributed by atoms with Crippen LogP contribution in [0, 0.1) is 0 Å². The van der Waals surface area contributed by atoms with E-state index in [0.717, 1.165) is 0 Å². The molecule has 2 aromatic rings. The number of carboxylic acid groups (broad SMARTS) is 1. The molecule has 0 aliphatic carbocycles. The Morgan fingerprint density at radius 3 is 2.24 bits per heavy atom. The number of para-hydroxylation sites is 1. The number of rotatable bonds is 5. The Morgan fingerprint density at radius 2 is 1.62 bits per heavy atom. The van der Waals surface area contributed by atoms with Crippen LogP contribution in [0.2, 0.25) is 0 Å². The van der Waals surface area contributed by atoms with Crippen LogP contribution in [0.3, 0.4) is 0 Å².